The molecule has 8 heteroatoms. The number of tetrazole rings is 1. The van der Waals surface area contributed by atoms with Crippen LogP contribution in [0.25, 0.3) is 0 Å². The summed E-state index contributed by atoms with van der Waals surface area (Å²) in [4.78, 5) is 11.5. The van der Waals surface area contributed by atoms with Crippen LogP contribution in [-0.2, 0) is 0 Å². The van der Waals surface area contributed by atoms with Gasteiger partial charge in [-0.3, -0.25) is 4.79 Å². The van der Waals surface area contributed by atoms with Gasteiger partial charge in [0, 0.05) is 10.2 Å². The first-order valence-corrected chi connectivity index (χ1v) is 5.34. The van der Waals surface area contributed by atoms with Gasteiger partial charge in [0.15, 0.2) is 0 Å². The van der Waals surface area contributed by atoms with Gasteiger partial charge < -0.3 is 5.32 Å². The Kier molecular flexibility index (Phi) is 3.16. The van der Waals surface area contributed by atoms with Crippen molar-refractivity contribution in [1.82, 2.24) is 20.6 Å². The SMILES string of the molecule is O=C(Nc1ccc(Cl)c(Br)c1)c1nn[nH]n1. The molecule has 1 heterocycles. The van der Waals surface area contributed by atoms with Crippen LogP contribution in [0.2, 0.25) is 5.02 Å². The van der Waals surface area contributed by atoms with Gasteiger partial charge >= 0.3 is 0 Å². The Morgan fingerprint density at radius 2 is 2.31 bits per heavy atom. The van der Waals surface area contributed by atoms with Crippen molar-refractivity contribution in [3.05, 3.63) is 33.5 Å². The molecule has 82 valence electrons. The summed E-state index contributed by atoms with van der Waals surface area (Å²) in [5.74, 6) is -0.464. The zero-order valence-electron chi connectivity index (χ0n) is 7.74. The van der Waals surface area contributed by atoms with Gasteiger partial charge in [-0.25, -0.2) is 0 Å². The first kappa shape index (κ1) is 11.0. The number of hydrogen-bond acceptors (Lipinski definition) is 4. The van der Waals surface area contributed by atoms with Crippen molar-refractivity contribution in [1.29, 1.82) is 0 Å². The fraction of sp³-hybridized carbons (Fsp3) is 0. The fourth-order valence-electron chi connectivity index (χ4n) is 1.02. The van der Waals surface area contributed by atoms with Crippen LogP contribution in [0.5, 0.6) is 0 Å². The average molecular weight is 303 g/mol. The third kappa shape index (κ3) is 2.37. The number of anilines is 1. The van der Waals surface area contributed by atoms with Crippen molar-refractivity contribution in [2.75, 3.05) is 5.32 Å². The number of aromatic nitrogens is 4. The molecule has 0 unspecified atom stereocenters. The maximum Gasteiger partial charge on any atom is 0.297 e. The van der Waals surface area contributed by atoms with Gasteiger partial charge in [-0.2, -0.15) is 5.21 Å². The Labute approximate surface area is 104 Å². The summed E-state index contributed by atoms with van der Waals surface area (Å²) < 4.78 is 0.695. The van der Waals surface area contributed by atoms with E-state index in [0.717, 1.165) is 0 Å². The zero-order chi connectivity index (χ0) is 11.5. The van der Waals surface area contributed by atoms with Gasteiger partial charge in [0.05, 0.1) is 5.02 Å². The van der Waals surface area contributed by atoms with E-state index in [9.17, 15) is 4.79 Å². The minimum absolute atomic E-state index is 0.0222. The first-order chi connectivity index (χ1) is 7.66. The molecule has 2 N–H and O–H groups in total. The predicted octanol–water partition coefficient (Wildman–Crippen LogP) is 1.87. The molecular weight excluding hydrogens is 297 g/mol. The van der Waals surface area contributed by atoms with E-state index in [1.807, 2.05) is 0 Å². The van der Waals surface area contributed by atoms with Crippen LogP contribution in [0.1, 0.15) is 10.6 Å². The Hall–Kier alpha value is -1.47. The van der Waals surface area contributed by atoms with Crippen LogP contribution in [0, 0.1) is 0 Å². The maximum atomic E-state index is 11.5. The third-order valence-electron chi connectivity index (χ3n) is 1.73. The average Bonchev–Trinajstić information content (AvgIpc) is 2.77. The highest BCUT2D eigenvalue weighted by molar-refractivity contribution is 9.10. The van der Waals surface area contributed by atoms with Crippen LogP contribution in [0.3, 0.4) is 0 Å². The Morgan fingerprint density at radius 3 is 2.94 bits per heavy atom. The smallest absolute Gasteiger partial charge is 0.297 e. The van der Waals surface area contributed by atoms with Gasteiger partial charge in [-0.05, 0) is 39.3 Å². The molecule has 1 aromatic heterocycles. The molecule has 0 aliphatic carbocycles. The van der Waals surface area contributed by atoms with E-state index in [4.69, 9.17) is 11.6 Å². The molecule has 0 aliphatic heterocycles. The predicted molar refractivity (Wildman–Crippen MR) is 61.3 cm³/mol. The second kappa shape index (κ2) is 4.58. The Morgan fingerprint density at radius 1 is 1.50 bits per heavy atom. The van der Waals surface area contributed by atoms with Crippen LogP contribution in [0.15, 0.2) is 22.7 Å². The molecule has 0 saturated heterocycles. The second-order valence-electron chi connectivity index (χ2n) is 2.82. The number of benzene rings is 1. The molecule has 1 amide bonds. The number of nitrogens with one attached hydrogen (secondary N) is 2. The molecular formula is C8H5BrClN5O. The number of carbonyl (C=O) groups excluding carboxylic acids is 1. The van der Waals surface area contributed by atoms with Crippen molar-refractivity contribution in [3.8, 4) is 0 Å². The lowest BCUT2D eigenvalue weighted by atomic mass is 10.3. The van der Waals surface area contributed by atoms with E-state index in [1.54, 1.807) is 18.2 Å². The number of carbonyl (C=O) groups is 1. The summed E-state index contributed by atoms with van der Waals surface area (Å²) >= 11 is 9.07. The minimum atomic E-state index is -0.442. The van der Waals surface area contributed by atoms with Crippen LogP contribution < -0.4 is 5.32 Å². The van der Waals surface area contributed by atoms with E-state index in [0.29, 0.717) is 15.2 Å². The van der Waals surface area contributed by atoms with Gasteiger partial charge in [-0.15, -0.1) is 10.2 Å². The van der Waals surface area contributed by atoms with Crippen molar-refractivity contribution in [2.24, 2.45) is 0 Å². The number of H-pyrrole nitrogens is 1. The molecule has 0 aliphatic rings. The topological polar surface area (TPSA) is 83.6 Å². The lowest BCUT2D eigenvalue weighted by Crippen LogP contribution is -2.13. The van der Waals surface area contributed by atoms with Crippen LogP contribution >= 0.6 is 27.5 Å². The second-order valence-corrected chi connectivity index (χ2v) is 4.08. The molecule has 2 aromatic rings. The number of amides is 1. The largest absolute Gasteiger partial charge is 0.319 e. The highest BCUT2D eigenvalue weighted by Crippen LogP contribution is 2.25. The monoisotopic (exact) mass is 301 g/mol. The quantitative estimate of drug-likeness (QED) is 0.887. The molecule has 16 heavy (non-hydrogen) atoms. The summed E-state index contributed by atoms with van der Waals surface area (Å²) in [5.41, 5.74) is 0.589. The normalized spacial score (nSPS) is 10.1. The van der Waals surface area contributed by atoms with Crippen LogP contribution in [0.4, 0.5) is 5.69 Å². The lowest BCUT2D eigenvalue weighted by molar-refractivity contribution is 0.101. The van der Waals surface area contributed by atoms with Gasteiger partial charge in [0.25, 0.3) is 11.7 Å². The van der Waals surface area contributed by atoms with Gasteiger partial charge in [-0.1, -0.05) is 11.6 Å². The fourth-order valence-corrected chi connectivity index (χ4v) is 1.52. The molecule has 0 radical (unpaired) electrons. The first-order valence-electron chi connectivity index (χ1n) is 4.16. The van der Waals surface area contributed by atoms with Gasteiger partial charge in [0.2, 0.25) is 0 Å². The van der Waals surface area contributed by atoms with Crippen LogP contribution in [-0.4, -0.2) is 26.5 Å². The minimum Gasteiger partial charge on any atom is -0.319 e. The highest BCUT2D eigenvalue weighted by atomic mass is 79.9. The summed E-state index contributed by atoms with van der Waals surface area (Å²) in [6.45, 7) is 0. The van der Waals surface area contributed by atoms with E-state index in [1.165, 1.54) is 0 Å². The standard InChI is InChI=1S/C8H5BrClN5O/c9-5-3-4(1-2-6(5)10)11-8(16)7-12-14-15-13-7/h1-3H,(H,11,16)(H,12,13,14,15). The van der Waals surface area contributed by atoms with E-state index in [2.05, 4.69) is 41.9 Å². The summed E-state index contributed by atoms with van der Waals surface area (Å²) in [5, 5.41) is 15.8. The number of aromatic amines is 1. The molecule has 0 spiro atoms. The molecule has 0 atom stereocenters. The summed E-state index contributed by atoms with van der Waals surface area (Å²) in [7, 11) is 0. The molecule has 0 fully saturated rings. The van der Waals surface area contributed by atoms with E-state index >= 15 is 0 Å². The lowest BCUT2D eigenvalue weighted by Gasteiger charge is -2.03. The maximum absolute atomic E-state index is 11.5. The molecule has 0 bridgehead atoms. The number of halogens is 2. The number of hydrogen-bond donors (Lipinski definition) is 2. The van der Waals surface area contributed by atoms with Crippen molar-refractivity contribution in [2.45, 2.75) is 0 Å². The van der Waals surface area contributed by atoms with Crippen molar-refractivity contribution in [3.63, 3.8) is 0 Å². The van der Waals surface area contributed by atoms with Crippen molar-refractivity contribution < 1.29 is 4.79 Å². The summed E-state index contributed by atoms with van der Waals surface area (Å²) in [6, 6.07) is 5.02. The molecule has 0 saturated carbocycles. The highest BCUT2D eigenvalue weighted by Gasteiger charge is 2.11. The third-order valence-corrected chi connectivity index (χ3v) is 2.94. The van der Waals surface area contributed by atoms with Gasteiger partial charge in [0.1, 0.15) is 0 Å². The number of nitrogens with zero attached hydrogens (tertiary/aromatic N) is 3. The van der Waals surface area contributed by atoms with Crippen molar-refractivity contribution >= 4 is 39.1 Å². The zero-order valence-corrected chi connectivity index (χ0v) is 10.1. The molecule has 2 rings (SSSR count). The van der Waals surface area contributed by atoms with E-state index < -0.39 is 5.91 Å². The van der Waals surface area contributed by atoms with E-state index in [-0.39, 0.29) is 5.82 Å². The molecule has 1 aromatic carbocycles. The Bertz CT molecular complexity index is 515. The number of rotatable bonds is 2. The molecule has 6 nitrogen and oxygen atoms in total. The Balaban J connectivity index is 2.15. The summed E-state index contributed by atoms with van der Waals surface area (Å²) in [6.07, 6.45) is 0.